The second-order valence-corrected chi connectivity index (χ2v) is 6.38. The van der Waals surface area contributed by atoms with E-state index in [-0.39, 0.29) is 5.92 Å². The van der Waals surface area contributed by atoms with Gasteiger partial charge in [-0.25, -0.2) is 4.68 Å². The molecule has 0 atom stereocenters. The molecular formula is C20H40N4O3. The van der Waals surface area contributed by atoms with Crippen molar-refractivity contribution in [2.24, 2.45) is 5.92 Å². The fraction of sp³-hybridized carbons (Fsp3) is 0.850. The van der Waals surface area contributed by atoms with E-state index in [0.717, 1.165) is 38.0 Å². The number of aromatic nitrogens is 3. The van der Waals surface area contributed by atoms with Gasteiger partial charge in [0.15, 0.2) is 0 Å². The van der Waals surface area contributed by atoms with Crippen molar-refractivity contribution in [1.82, 2.24) is 20.3 Å². The average Bonchev–Trinajstić information content (AvgIpc) is 3.13. The number of Topliss-reactive ketones (excluding diaryl/α,β-unsaturated/α-hetero) is 1. The molecule has 1 N–H and O–H groups in total. The highest BCUT2D eigenvalue weighted by molar-refractivity contribution is 5.80. The molecule has 7 nitrogen and oxygen atoms in total. The standard InChI is InChI=1S/C18H34N4O3.C2H6/c1-4-19-9-11-24-13-14-25-12-10-22-15-17(20-21-22)7-5-6-8-18(23)16(2)3;1-2/h15-16,19H,4-14H2,1-3H3;1-2H3. The smallest absolute Gasteiger partial charge is 0.135 e. The maximum atomic E-state index is 11.6. The first kappa shape index (κ1) is 25.7. The van der Waals surface area contributed by atoms with E-state index >= 15 is 0 Å². The van der Waals surface area contributed by atoms with Gasteiger partial charge in [0.05, 0.1) is 38.7 Å². The van der Waals surface area contributed by atoms with E-state index in [4.69, 9.17) is 9.47 Å². The summed E-state index contributed by atoms with van der Waals surface area (Å²) < 4.78 is 12.8. The van der Waals surface area contributed by atoms with Crippen LogP contribution >= 0.6 is 0 Å². The predicted octanol–water partition coefficient (Wildman–Crippen LogP) is 2.88. The molecule has 0 radical (unpaired) electrons. The second-order valence-electron chi connectivity index (χ2n) is 6.38. The molecule has 0 saturated heterocycles. The van der Waals surface area contributed by atoms with Gasteiger partial charge in [0.25, 0.3) is 0 Å². The molecule has 0 unspecified atom stereocenters. The third-order valence-electron chi connectivity index (χ3n) is 3.85. The molecule has 0 aromatic carbocycles. The van der Waals surface area contributed by atoms with Crippen LogP contribution in [-0.4, -0.2) is 60.3 Å². The fourth-order valence-corrected chi connectivity index (χ4v) is 2.26. The lowest BCUT2D eigenvalue weighted by molar-refractivity contribution is -0.122. The van der Waals surface area contributed by atoms with Crippen LogP contribution < -0.4 is 5.32 Å². The zero-order chi connectivity index (χ0) is 20.3. The van der Waals surface area contributed by atoms with Crippen molar-refractivity contribution in [1.29, 1.82) is 0 Å². The monoisotopic (exact) mass is 384 g/mol. The van der Waals surface area contributed by atoms with Crippen LogP contribution in [0.5, 0.6) is 0 Å². The van der Waals surface area contributed by atoms with Crippen LogP contribution in [-0.2, 0) is 27.2 Å². The molecule has 0 spiro atoms. The molecule has 0 saturated carbocycles. The Kier molecular flexibility index (Phi) is 17.2. The maximum absolute atomic E-state index is 11.6. The topological polar surface area (TPSA) is 78.3 Å². The number of ether oxygens (including phenoxy) is 2. The summed E-state index contributed by atoms with van der Waals surface area (Å²) in [4.78, 5) is 11.6. The highest BCUT2D eigenvalue weighted by atomic mass is 16.5. The average molecular weight is 385 g/mol. The largest absolute Gasteiger partial charge is 0.378 e. The summed E-state index contributed by atoms with van der Waals surface area (Å²) in [6.45, 7) is 15.0. The molecule has 158 valence electrons. The Hall–Kier alpha value is -1.31. The minimum atomic E-state index is 0.138. The van der Waals surface area contributed by atoms with Crippen molar-refractivity contribution in [2.75, 3.05) is 39.5 Å². The lowest BCUT2D eigenvalue weighted by Gasteiger charge is -2.06. The summed E-state index contributed by atoms with van der Waals surface area (Å²) in [5.74, 6) is 0.477. The van der Waals surface area contributed by atoms with Crippen molar-refractivity contribution in [3.63, 3.8) is 0 Å². The van der Waals surface area contributed by atoms with Crippen LogP contribution in [0.3, 0.4) is 0 Å². The Morgan fingerprint density at radius 3 is 2.52 bits per heavy atom. The van der Waals surface area contributed by atoms with Crippen molar-refractivity contribution < 1.29 is 14.3 Å². The van der Waals surface area contributed by atoms with Crippen molar-refractivity contribution in [3.8, 4) is 0 Å². The number of rotatable bonds is 16. The molecule has 1 rings (SSSR count). The number of nitrogens with one attached hydrogen (secondary N) is 1. The first-order valence-electron chi connectivity index (χ1n) is 10.4. The van der Waals surface area contributed by atoms with Gasteiger partial charge in [-0.2, -0.15) is 0 Å². The van der Waals surface area contributed by atoms with Gasteiger partial charge in [-0.1, -0.05) is 39.8 Å². The molecule has 27 heavy (non-hydrogen) atoms. The summed E-state index contributed by atoms with van der Waals surface area (Å²) in [6, 6.07) is 0. The number of carbonyl (C=O) groups excluding carboxylic acids is 1. The Labute approximate surface area is 165 Å². The van der Waals surface area contributed by atoms with Gasteiger partial charge in [-0.05, 0) is 25.8 Å². The zero-order valence-corrected chi connectivity index (χ0v) is 18.0. The van der Waals surface area contributed by atoms with Crippen LogP contribution in [0.1, 0.15) is 59.6 Å². The quantitative estimate of drug-likeness (QED) is 0.442. The van der Waals surface area contributed by atoms with Gasteiger partial charge in [0.2, 0.25) is 0 Å². The summed E-state index contributed by atoms with van der Waals surface area (Å²) >= 11 is 0. The lowest BCUT2D eigenvalue weighted by Crippen LogP contribution is -2.20. The van der Waals surface area contributed by atoms with Crippen LogP contribution in [0.15, 0.2) is 6.20 Å². The summed E-state index contributed by atoms with van der Waals surface area (Å²) in [5.41, 5.74) is 0.976. The first-order chi connectivity index (χ1) is 13.1. The van der Waals surface area contributed by atoms with Crippen molar-refractivity contribution in [2.45, 2.75) is 66.8 Å². The molecule has 0 fully saturated rings. The van der Waals surface area contributed by atoms with Gasteiger partial charge < -0.3 is 14.8 Å². The fourth-order valence-electron chi connectivity index (χ4n) is 2.26. The number of nitrogens with zero attached hydrogens (tertiary/aromatic N) is 3. The van der Waals surface area contributed by atoms with E-state index in [0.29, 0.717) is 45.2 Å². The molecule has 0 bridgehead atoms. The summed E-state index contributed by atoms with van der Waals surface area (Å²) in [7, 11) is 0. The maximum Gasteiger partial charge on any atom is 0.135 e. The number of carbonyl (C=O) groups is 1. The summed E-state index contributed by atoms with van der Waals surface area (Å²) in [5, 5.41) is 11.5. The van der Waals surface area contributed by atoms with E-state index in [1.54, 1.807) is 4.68 Å². The van der Waals surface area contributed by atoms with Crippen molar-refractivity contribution >= 4 is 5.78 Å². The van der Waals surface area contributed by atoms with E-state index in [2.05, 4.69) is 22.6 Å². The Morgan fingerprint density at radius 2 is 1.85 bits per heavy atom. The molecule has 0 aliphatic carbocycles. The highest BCUT2D eigenvalue weighted by Gasteiger charge is 2.07. The molecule has 1 heterocycles. The van der Waals surface area contributed by atoms with Gasteiger partial charge >= 0.3 is 0 Å². The van der Waals surface area contributed by atoms with Gasteiger partial charge in [0.1, 0.15) is 5.78 Å². The summed E-state index contributed by atoms with van der Waals surface area (Å²) in [6.07, 6.45) is 5.38. The van der Waals surface area contributed by atoms with Gasteiger partial charge in [0, 0.05) is 25.1 Å². The number of unbranched alkanes of at least 4 members (excludes halogenated alkanes) is 1. The molecule has 1 aromatic rings. The van der Waals surface area contributed by atoms with E-state index < -0.39 is 0 Å². The number of ketones is 1. The molecule has 0 aliphatic heterocycles. The third-order valence-corrected chi connectivity index (χ3v) is 3.85. The zero-order valence-electron chi connectivity index (χ0n) is 18.0. The Balaban J connectivity index is 0.00000326. The minimum absolute atomic E-state index is 0.138. The van der Waals surface area contributed by atoms with E-state index in [1.807, 2.05) is 33.9 Å². The normalized spacial score (nSPS) is 10.7. The Bertz CT molecular complexity index is 464. The van der Waals surface area contributed by atoms with Gasteiger partial charge in [-0.15, -0.1) is 5.10 Å². The SMILES string of the molecule is CC.CCNCCOCCOCCn1cc(CCCCC(=O)C(C)C)nn1. The number of hydrogen-bond donors (Lipinski definition) is 1. The lowest BCUT2D eigenvalue weighted by atomic mass is 10.0. The third kappa shape index (κ3) is 14.4. The minimum Gasteiger partial charge on any atom is -0.378 e. The molecule has 0 amide bonds. The number of hydrogen-bond acceptors (Lipinski definition) is 6. The van der Waals surface area contributed by atoms with E-state index in [1.165, 1.54) is 0 Å². The molecular weight excluding hydrogens is 344 g/mol. The predicted molar refractivity (Wildman–Crippen MR) is 109 cm³/mol. The second kappa shape index (κ2) is 18.1. The molecule has 0 aliphatic rings. The molecule has 1 aromatic heterocycles. The van der Waals surface area contributed by atoms with Crippen molar-refractivity contribution in [3.05, 3.63) is 11.9 Å². The first-order valence-corrected chi connectivity index (χ1v) is 10.4. The van der Waals surface area contributed by atoms with Crippen LogP contribution in [0.4, 0.5) is 0 Å². The highest BCUT2D eigenvalue weighted by Crippen LogP contribution is 2.07. The van der Waals surface area contributed by atoms with Crippen LogP contribution in [0.25, 0.3) is 0 Å². The number of likely N-dealkylation sites (N-methyl/N-ethyl adjacent to an activating group) is 1. The Morgan fingerprint density at radius 1 is 1.15 bits per heavy atom. The van der Waals surface area contributed by atoms with E-state index in [9.17, 15) is 4.79 Å². The van der Waals surface area contributed by atoms with Crippen LogP contribution in [0.2, 0.25) is 0 Å². The van der Waals surface area contributed by atoms with Crippen LogP contribution in [0, 0.1) is 5.92 Å². The molecule has 7 heteroatoms. The van der Waals surface area contributed by atoms with Gasteiger partial charge in [-0.3, -0.25) is 4.79 Å². The number of aryl methyl sites for hydroxylation is 1.